The van der Waals surface area contributed by atoms with Crippen LogP contribution in [0.15, 0.2) is 24.3 Å². The van der Waals surface area contributed by atoms with Crippen LogP contribution in [0.4, 0.5) is 0 Å². The quantitative estimate of drug-likeness (QED) is 0.786. The van der Waals surface area contributed by atoms with Crippen LogP contribution in [0.25, 0.3) is 0 Å². The number of hydrogen-bond acceptors (Lipinski definition) is 2. The predicted octanol–water partition coefficient (Wildman–Crippen LogP) is 2.80. The minimum atomic E-state index is 0.655. The third-order valence-corrected chi connectivity index (χ3v) is 3.21. The SMILES string of the molecule is Cc1ccc(CN(C)CCCC(C)CN)cc1. The van der Waals surface area contributed by atoms with Crippen molar-refractivity contribution >= 4 is 0 Å². The molecule has 0 aliphatic carbocycles. The van der Waals surface area contributed by atoms with Crippen molar-refractivity contribution in [1.29, 1.82) is 0 Å². The standard InChI is InChI=1S/C15H26N2/c1-13-6-8-15(9-7-13)12-17(3)10-4-5-14(2)11-16/h6-9,14H,4-5,10-12,16H2,1-3H3. The van der Waals surface area contributed by atoms with E-state index in [-0.39, 0.29) is 0 Å². The molecule has 0 saturated carbocycles. The lowest BCUT2D eigenvalue weighted by Crippen LogP contribution is -2.20. The van der Waals surface area contributed by atoms with Gasteiger partial charge in [-0.15, -0.1) is 0 Å². The van der Waals surface area contributed by atoms with E-state index in [1.54, 1.807) is 0 Å². The number of rotatable bonds is 7. The summed E-state index contributed by atoms with van der Waals surface area (Å²) < 4.78 is 0. The Hall–Kier alpha value is -0.860. The summed E-state index contributed by atoms with van der Waals surface area (Å²) in [5, 5.41) is 0. The van der Waals surface area contributed by atoms with Gasteiger partial charge in [-0.2, -0.15) is 0 Å². The highest BCUT2D eigenvalue weighted by molar-refractivity contribution is 5.21. The van der Waals surface area contributed by atoms with Crippen molar-refractivity contribution in [2.75, 3.05) is 20.1 Å². The Labute approximate surface area is 106 Å². The van der Waals surface area contributed by atoms with Crippen molar-refractivity contribution in [2.24, 2.45) is 11.7 Å². The highest BCUT2D eigenvalue weighted by Crippen LogP contribution is 2.08. The average Bonchev–Trinajstić information content (AvgIpc) is 2.32. The predicted molar refractivity (Wildman–Crippen MR) is 75.0 cm³/mol. The van der Waals surface area contributed by atoms with Gasteiger partial charge in [0, 0.05) is 6.54 Å². The van der Waals surface area contributed by atoms with Crippen LogP contribution >= 0.6 is 0 Å². The molecule has 0 saturated heterocycles. The summed E-state index contributed by atoms with van der Waals surface area (Å²) in [6, 6.07) is 8.79. The van der Waals surface area contributed by atoms with Crippen LogP contribution in [0.3, 0.4) is 0 Å². The molecule has 0 bridgehead atoms. The van der Waals surface area contributed by atoms with Crippen molar-refractivity contribution in [3.63, 3.8) is 0 Å². The molecule has 1 unspecified atom stereocenters. The Kier molecular flexibility index (Phi) is 6.23. The van der Waals surface area contributed by atoms with Gasteiger partial charge in [0.25, 0.3) is 0 Å². The Morgan fingerprint density at radius 1 is 1.24 bits per heavy atom. The molecule has 2 heteroatoms. The van der Waals surface area contributed by atoms with Crippen LogP contribution in [0.5, 0.6) is 0 Å². The molecule has 0 heterocycles. The van der Waals surface area contributed by atoms with Crippen LogP contribution in [-0.2, 0) is 6.54 Å². The Bertz CT molecular complexity index is 305. The van der Waals surface area contributed by atoms with Gasteiger partial charge in [0.2, 0.25) is 0 Å². The van der Waals surface area contributed by atoms with Gasteiger partial charge in [-0.05, 0) is 51.4 Å². The van der Waals surface area contributed by atoms with E-state index in [2.05, 4.69) is 50.1 Å². The zero-order valence-electron chi connectivity index (χ0n) is 11.4. The Balaban J connectivity index is 2.25. The fourth-order valence-corrected chi connectivity index (χ4v) is 1.91. The molecule has 0 radical (unpaired) electrons. The average molecular weight is 234 g/mol. The first-order chi connectivity index (χ1) is 8.11. The molecule has 1 aromatic rings. The summed E-state index contributed by atoms with van der Waals surface area (Å²) in [5.74, 6) is 0.655. The molecular weight excluding hydrogens is 208 g/mol. The molecular formula is C15H26N2. The van der Waals surface area contributed by atoms with Crippen molar-refractivity contribution in [3.8, 4) is 0 Å². The number of aryl methyl sites for hydroxylation is 1. The molecule has 0 aliphatic heterocycles. The second-order valence-corrected chi connectivity index (χ2v) is 5.21. The van der Waals surface area contributed by atoms with E-state index in [0.717, 1.165) is 19.6 Å². The molecule has 0 aromatic heterocycles. The molecule has 1 atom stereocenters. The molecule has 1 aromatic carbocycles. The summed E-state index contributed by atoms with van der Waals surface area (Å²) in [6.07, 6.45) is 2.47. The highest BCUT2D eigenvalue weighted by Gasteiger charge is 2.02. The van der Waals surface area contributed by atoms with Gasteiger partial charge in [0.05, 0.1) is 0 Å². The molecule has 2 nitrogen and oxygen atoms in total. The summed E-state index contributed by atoms with van der Waals surface area (Å²) in [4.78, 5) is 2.38. The van der Waals surface area contributed by atoms with Crippen LogP contribution in [0.1, 0.15) is 30.9 Å². The van der Waals surface area contributed by atoms with Crippen molar-refractivity contribution in [2.45, 2.75) is 33.2 Å². The van der Waals surface area contributed by atoms with Gasteiger partial charge in [-0.25, -0.2) is 0 Å². The largest absolute Gasteiger partial charge is 0.330 e. The van der Waals surface area contributed by atoms with Crippen molar-refractivity contribution < 1.29 is 0 Å². The van der Waals surface area contributed by atoms with Gasteiger partial charge >= 0.3 is 0 Å². The molecule has 2 N–H and O–H groups in total. The second-order valence-electron chi connectivity index (χ2n) is 5.21. The third kappa shape index (κ3) is 5.85. The molecule has 17 heavy (non-hydrogen) atoms. The summed E-state index contributed by atoms with van der Waals surface area (Å²) >= 11 is 0. The lowest BCUT2D eigenvalue weighted by Gasteiger charge is -2.17. The number of nitrogens with two attached hydrogens (primary N) is 1. The number of benzene rings is 1. The number of nitrogens with zero attached hydrogens (tertiary/aromatic N) is 1. The van der Waals surface area contributed by atoms with E-state index in [1.165, 1.54) is 24.0 Å². The number of hydrogen-bond donors (Lipinski definition) is 1. The van der Waals surface area contributed by atoms with Crippen LogP contribution in [-0.4, -0.2) is 25.0 Å². The van der Waals surface area contributed by atoms with Crippen LogP contribution in [0, 0.1) is 12.8 Å². The maximum Gasteiger partial charge on any atom is 0.0230 e. The van der Waals surface area contributed by atoms with Gasteiger partial charge in [0.1, 0.15) is 0 Å². The lowest BCUT2D eigenvalue weighted by molar-refractivity contribution is 0.309. The summed E-state index contributed by atoms with van der Waals surface area (Å²) in [6.45, 7) is 7.35. The van der Waals surface area contributed by atoms with Crippen LogP contribution < -0.4 is 5.73 Å². The summed E-state index contributed by atoms with van der Waals surface area (Å²) in [7, 11) is 2.19. The zero-order valence-corrected chi connectivity index (χ0v) is 11.4. The topological polar surface area (TPSA) is 29.3 Å². The van der Waals surface area contributed by atoms with E-state index < -0.39 is 0 Å². The molecule has 1 rings (SSSR count). The van der Waals surface area contributed by atoms with Crippen LogP contribution in [0.2, 0.25) is 0 Å². The third-order valence-electron chi connectivity index (χ3n) is 3.21. The maximum atomic E-state index is 5.61. The maximum absolute atomic E-state index is 5.61. The smallest absolute Gasteiger partial charge is 0.0230 e. The Morgan fingerprint density at radius 2 is 1.88 bits per heavy atom. The first-order valence-corrected chi connectivity index (χ1v) is 6.56. The zero-order chi connectivity index (χ0) is 12.7. The minimum Gasteiger partial charge on any atom is -0.330 e. The molecule has 96 valence electrons. The van der Waals surface area contributed by atoms with Crippen molar-refractivity contribution in [3.05, 3.63) is 35.4 Å². The molecule has 0 amide bonds. The van der Waals surface area contributed by atoms with E-state index in [0.29, 0.717) is 5.92 Å². The minimum absolute atomic E-state index is 0.655. The van der Waals surface area contributed by atoms with E-state index in [9.17, 15) is 0 Å². The van der Waals surface area contributed by atoms with Gasteiger partial charge < -0.3 is 10.6 Å². The lowest BCUT2D eigenvalue weighted by atomic mass is 10.1. The van der Waals surface area contributed by atoms with E-state index in [1.807, 2.05) is 0 Å². The fraction of sp³-hybridized carbons (Fsp3) is 0.600. The molecule has 0 spiro atoms. The monoisotopic (exact) mass is 234 g/mol. The van der Waals surface area contributed by atoms with Gasteiger partial charge in [-0.1, -0.05) is 36.8 Å². The molecule has 0 fully saturated rings. The summed E-state index contributed by atoms with van der Waals surface area (Å²) in [5.41, 5.74) is 8.33. The van der Waals surface area contributed by atoms with Crippen molar-refractivity contribution in [1.82, 2.24) is 4.90 Å². The highest BCUT2D eigenvalue weighted by atomic mass is 15.1. The van der Waals surface area contributed by atoms with Gasteiger partial charge in [-0.3, -0.25) is 0 Å². The first-order valence-electron chi connectivity index (χ1n) is 6.56. The fourth-order valence-electron chi connectivity index (χ4n) is 1.91. The van der Waals surface area contributed by atoms with E-state index in [4.69, 9.17) is 5.73 Å². The molecule has 0 aliphatic rings. The first kappa shape index (κ1) is 14.2. The van der Waals surface area contributed by atoms with E-state index >= 15 is 0 Å². The normalized spacial score (nSPS) is 13.0. The van der Waals surface area contributed by atoms with Gasteiger partial charge in [0.15, 0.2) is 0 Å². The Morgan fingerprint density at radius 3 is 2.47 bits per heavy atom. The second kappa shape index (κ2) is 7.46.